The van der Waals surface area contributed by atoms with Crippen molar-refractivity contribution in [3.8, 4) is 0 Å². The van der Waals surface area contributed by atoms with Gasteiger partial charge in [0.25, 0.3) is 5.69 Å². The Balaban J connectivity index is 1.76. The molecule has 1 N–H and O–H groups in total. The number of nitrogens with one attached hydrogen (secondary N) is 1. The second kappa shape index (κ2) is 7.86. The van der Waals surface area contributed by atoms with Gasteiger partial charge >= 0.3 is 0 Å². The van der Waals surface area contributed by atoms with Crippen LogP contribution in [0.25, 0.3) is 0 Å². The summed E-state index contributed by atoms with van der Waals surface area (Å²) in [6, 6.07) is 13.0. The molecular weight excluding hydrogens is 330 g/mol. The van der Waals surface area contributed by atoms with Gasteiger partial charge in [-0.2, -0.15) is 5.10 Å². The molecule has 0 spiro atoms. The average Bonchev–Trinajstić information content (AvgIpc) is 3.16. The van der Waals surface area contributed by atoms with E-state index in [1.807, 2.05) is 43.3 Å². The first-order valence-corrected chi connectivity index (χ1v) is 8.64. The zero-order chi connectivity index (χ0) is 18.5. The first-order valence-electron chi connectivity index (χ1n) is 8.64. The molecule has 1 heterocycles. The van der Waals surface area contributed by atoms with Gasteiger partial charge < -0.3 is 9.80 Å². The number of hydrogen-bond acceptors (Lipinski definition) is 6. The van der Waals surface area contributed by atoms with Crippen LogP contribution in [-0.4, -0.2) is 38.3 Å². The fourth-order valence-electron chi connectivity index (χ4n) is 2.98. The fraction of sp³-hybridized carbons (Fsp3) is 0.316. The van der Waals surface area contributed by atoms with Gasteiger partial charge in [0.2, 0.25) is 0 Å². The van der Waals surface area contributed by atoms with Crippen molar-refractivity contribution >= 4 is 29.0 Å². The maximum atomic E-state index is 11.3. The maximum Gasteiger partial charge on any atom is 0.294 e. The van der Waals surface area contributed by atoms with Crippen LogP contribution in [0.4, 0.5) is 22.7 Å². The molecule has 0 radical (unpaired) electrons. The lowest BCUT2D eigenvalue weighted by molar-refractivity contribution is -0.383. The predicted octanol–water partition coefficient (Wildman–Crippen LogP) is 3.71. The summed E-state index contributed by atoms with van der Waals surface area (Å²) in [5, 5.41) is 15.5. The number of nitro groups is 1. The minimum atomic E-state index is -0.391. The van der Waals surface area contributed by atoms with Crippen molar-refractivity contribution in [1.29, 1.82) is 0 Å². The maximum absolute atomic E-state index is 11.3. The smallest absolute Gasteiger partial charge is 0.294 e. The Morgan fingerprint density at radius 1 is 1.15 bits per heavy atom. The number of nitrogens with zero attached hydrogens (tertiary/aromatic N) is 4. The van der Waals surface area contributed by atoms with E-state index in [-0.39, 0.29) is 5.69 Å². The molecule has 7 heteroatoms. The summed E-state index contributed by atoms with van der Waals surface area (Å²) < 4.78 is 0. The quantitative estimate of drug-likeness (QED) is 0.487. The second-order valence-corrected chi connectivity index (χ2v) is 6.51. The Kier molecular flexibility index (Phi) is 5.36. The molecule has 1 saturated heterocycles. The lowest BCUT2D eigenvalue weighted by Crippen LogP contribution is -2.17. The largest absolute Gasteiger partial charge is 0.378 e. The first-order chi connectivity index (χ1) is 12.5. The lowest BCUT2D eigenvalue weighted by atomic mass is 10.2. The summed E-state index contributed by atoms with van der Waals surface area (Å²) in [5.41, 5.74) is 6.27. The molecule has 136 valence electrons. The van der Waals surface area contributed by atoms with E-state index in [4.69, 9.17) is 0 Å². The summed E-state index contributed by atoms with van der Waals surface area (Å²) in [6.45, 7) is 1.97. The van der Waals surface area contributed by atoms with E-state index in [9.17, 15) is 10.1 Å². The SMILES string of the molecule is CN(C)c1ccc(C=NNc2cc(N3CCCC3)ccc2[N+](=O)[O-])cc1. The van der Waals surface area contributed by atoms with E-state index in [2.05, 4.69) is 15.4 Å². The number of hydrazone groups is 1. The highest BCUT2D eigenvalue weighted by Gasteiger charge is 2.18. The highest BCUT2D eigenvalue weighted by molar-refractivity contribution is 5.81. The molecule has 2 aromatic carbocycles. The van der Waals surface area contributed by atoms with Crippen molar-refractivity contribution in [2.75, 3.05) is 42.4 Å². The second-order valence-electron chi connectivity index (χ2n) is 6.51. The van der Waals surface area contributed by atoms with Crippen LogP contribution in [0.1, 0.15) is 18.4 Å². The third-order valence-electron chi connectivity index (χ3n) is 4.46. The van der Waals surface area contributed by atoms with Crippen molar-refractivity contribution in [2.24, 2.45) is 5.10 Å². The van der Waals surface area contributed by atoms with Gasteiger partial charge in [0.1, 0.15) is 5.69 Å². The summed E-state index contributed by atoms with van der Waals surface area (Å²) in [5.74, 6) is 0. The summed E-state index contributed by atoms with van der Waals surface area (Å²) in [7, 11) is 3.97. The first kappa shape index (κ1) is 17.7. The lowest BCUT2D eigenvalue weighted by Gasteiger charge is -2.18. The number of benzene rings is 2. The normalized spacial score (nSPS) is 14.0. The van der Waals surface area contributed by atoms with Crippen LogP contribution in [-0.2, 0) is 0 Å². The van der Waals surface area contributed by atoms with Gasteiger partial charge in [-0.3, -0.25) is 15.5 Å². The Bertz CT molecular complexity index is 796. The molecule has 7 nitrogen and oxygen atoms in total. The summed E-state index contributed by atoms with van der Waals surface area (Å²) in [6.07, 6.45) is 3.97. The summed E-state index contributed by atoms with van der Waals surface area (Å²) in [4.78, 5) is 15.1. The monoisotopic (exact) mass is 353 g/mol. The molecule has 26 heavy (non-hydrogen) atoms. The Labute approximate surface area is 153 Å². The van der Waals surface area contributed by atoms with Crippen molar-refractivity contribution in [1.82, 2.24) is 0 Å². The molecule has 2 aromatic rings. The predicted molar refractivity (Wildman–Crippen MR) is 107 cm³/mol. The molecule has 1 aliphatic heterocycles. The minimum Gasteiger partial charge on any atom is -0.378 e. The zero-order valence-electron chi connectivity index (χ0n) is 15.1. The number of hydrogen-bond donors (Lipinski definition) is 1. The van der Waals surface area contributed by atoms with Gasteiger partial charge in [0.15, 0.2) is 0 Å². The molecule has 0 atom stereocenters. The van der Waals surface area contributed by atoms with Crippen LogP contribution in [0.3, 0.4) is 0 Å². The van der Waals surface area contributed by atoms with Gasteiger partial charge in [-0.15, -0.1) is 0 Å². The fourth-order valence-corrected chi connectivity index (χ4v) is 2.98. The topological polar surface area (TPSA) is 74.0 Å². The van der Waals surface area contributed by atoms with Crippen molar-refractivity contribution in [3.05, 3.63) is 58.1 Å². The third-order valence-corrected chi connectivity index (χ3v) is 4.46. The van der Waals surface area contributed by atoms with E-state index in [1.54, 1.807) is 18.3 Å². The molecule has 0 saturated carbocycles. The number of nitro benzene ring substituents is 1. The van der Waals surface area contributed by atoms with Crippen molar-refractivity contribution in [2.45, 2.75) is 12.8 Å². The Hall–Kier alpha value is -3.09. The van der Waals surface area contributed by atoms with Gasteiger partial charge in [0.05, 0.1) is 11.1 Å². The van der Waals surface area contributed by atoms with Crippen LogP contribution < -0.4 is 15.2 Å². The highest BCUT2D eigenvalue weighted by Crippen LogP contribution is 2.31. The number of rotatable bonds is 6. The van der Waals surface area contributed by atoms with E-state index < -0.39 is 4.92 Å². The standard InChI is InChI=1S/C19H23N5O2/c1-22(2)16-7-5-15(6-8-16)14-20-21-18-13-17(23-11-3-4-12-23)9-10-19(18)24(25)26/h5-10,13-14,21H,3-4,11-12H2,1-2H3. The van der Waals surface area contributed by atoms with Gasteiger partial charge in [0, 0.05) is 44.6 Å². The van der Waals surface area contributed by atoms with E-state index in [1.165, 1.54) is 6.07 Å². The van der Waals surface area contributed by atoms with Crippen LogP contribution >= 0.6 is 0 Å². The molecule has 0 bridgehead atoms. The van der Waals surface area contributed by atoms with Crippen LogP contribution in [0.5, 0.6) is 0 Å². The molecule has 0 unspecified atom stereocenters. The van der Waals surface area contributed by atoms with Crippen LogP contribution in [0.2, 0.25) is 0 Å². The van der Waals surface area contributed by atoms with Gasteiger partial charge in [-0.05, 0) is 42.7 Å². The molecule has 0 amide bonds. The van der Waals surface area contributed by atoms with Gasteiger partial charge in [-0.25, -0.2) is 0 Å². The molecule has 1 fully saturated rings. The van der Waals surface area contributed by atoms with E-state index in [0.29, 0.717) is 5.69 Å². The average molecular weight is 353 g/mol. The molecular formula is C19H23N5O2. The van der Waals surface area contributed by atoms with E-state index in [0.717, 1.165) is 42.9 Å². The van der Waals surface area contributed by atoms with E-state index >= 15 is 0 Å². The minimum absolute atomic E-state index is 0.0213. The summed E-state index contributed by atoms with van der Waals surface area (Å²) >= 11 is 0. The third kappa shape index (κ3) is 4.11. The highest BCUT2D eigenvalue weighted by atomic mass is 16.6. The Morgan fingerprint density at radius 2 is 1.85 bits per heavy atom. The van der Waals surface area contributed by atoms with Crippen molar-refractivity contribution < 1.29 is 4.92 Å². The Morgan fingerprint density at radius 3 is 2.46 bits per heavy atom. The molecule has 3 rings (SSSR count). The zero-order valence-corrected chi connectivity index (χ0v) is 15.1. The van der Waals surface area contributed by atoms with Crippen LogP contribution in [0, 0.1) is 10.1 Å². The van der Waals surface area contributed by atoms with Crippen molar-refractivity contribution in [3.63, 3.8) is 0 Å². The van der Waals surface area contributed by atoms with Crippen LogP contribution in [0.15, 0.2) is 47.6 Å². The van der Waals surface area contributed by atoms with Gasteiger partial charge in [-0.1, -0.05) is 12.1 Å². The molecule has 0 aromatic heterocycles. The molecule has 1 aliphatic rings. The molecule has 0 aliphatic carbocycles. The number of anilines is 3.